The first-order valence-corrected chi connectivity index (χ1v) is 7.54. The third-order valence-corrected chi connectivity index (χ3v) is 3.51. The molecule has 25 heavy (non-hydrogen) atoms. The number of fused-ring (bicyclic) bond motifs is 1. The quantitative estimate of drug-likeness (QED) is 0.683. The molecular weight excluding hydrogens is 318 g/mol. The molecular formula is C18H13N5O2. The zero-order valence-corrected chi connectivity index (χ0v) is 13.6. The van der Waals surface area contributed by atoms with Crippen molar-refractivity contribution in [2.75, 3.05) is 0 Å². The van der Waals surface area contributed by atoms with Crippen LogP contribution in [-0.4, -0.2) is 27.1 Å². The summed E-state index contributed by atoms with van der Waals surface area (Å²) in [6.45, 7) is 3.56. The molecule has 1 heterocycles. The maximum absolute atomic E-state index is 12.0. The number of carbonyl (C=O) groups is 1. The highest BCUT2D eigenvalue weighted by Gasteiger charge is 2.14. The van der Waals surface area contributed by atoms with Crippen LogP contribution in [0.15, 0.2) is 36.4 Å². The number of rotatable bonds is 3. The molecule has 0 amide bonds. The first-order chi connectivity index (χ1) is 12.0. The van der Waals surface area contributed by atoms with Crippen LogP contribution in [-0.2, 0) is 4.74 Å². The summed E-state index contributed by atoms with van der Waals surface area (Å²) < 4.78 is 6.72. The Hall–Kier alpha value is -3.71. The van der Waals surface area contributed by atoms with Gasteiger partial charge in [0.15, 0.2) is 0 Å². The van der Waals surface area contributed by atoms with Crippen molar-refractivity contribution in [1.82, 2.24) is 15.0 Å². The smallest absolute Gasteiger partial charge is 0.338 e. The van der Waals surface area contributed by atoms with E-state index in [1.807, 2.05) is 12.1 Å². The van der Waals surface area contributed by atoms with Gasteiger partial charge >= 0.3 is 5.97 Å². The predicted molar refractivity (Wildman–Crippen MR) is 88.8 cm³/mol. The Morgan fingerprint density at radius 1 is 1.12 bits per heavy atom. The summed E-state index contributed by atoms with van der Waals surface area (Å²) in [5.41, 5.74) is 2.77. The number of benzene rings is 2. The van der Waals surface area contributed by atoms with Crippen molar-refractivity contribution in [1.29, 1.82) is 10.5 Å². The molecule has 1 aromatic heterocycles. The number of carbonyl (C=O) groups excluding carboxylic acids is 1. The Kier molecular flexibility index (Phi) is 4.15. The molecule has 0 unspecified atom stereocenters. The lowest BCUT2D eigenvalue weighted by Crippen LogP contribution is -2.11. The summed E-state index contributed by atoms with van der Waals surface area (Å²) in [4.78, 5) is 12.0. The fourth-order valence-corrected chi connectivity index (χ4v) is 2.38. The normalized spacial score (nSPS) is 10.4. The van der Waals surface area contributed by atoms with Crippen molar-refractivity contribution >= 4 is 17.0 Å². The van der Waals surface area contributed by atoms with Crippen molar-refractivity contribution in [2.24, 2.45) is 0 Å². The first kappa shape index (κ1) is 16.2. The van der Waals surface area contributed by atoms with E-state index in [9.17, 15) is 4.79 Å². The van der Waals surface area contributed by atoms with Crippen molar-refractivity contribution in [3.8, 4) is 17.8 Å². The van der Waals surface area contributed by atoms with Gasteiger partial charge in [-0.1, -0.05) is 5.21 Å². The number of nitriles is 2. The fraction of sp³-hybridized carbons (Fsp3) is 0.167. The molecule has 3 rings (SSSR count). The maximum atomic E-state index is 12.0. The standard InChI is InChI=1S/C18H13N5O2/c1-11(2)25-18(24)12-4-6-17-16(8-12)21-22-23(17)15-5-3-13(9-19)14(7-15)10-20/h3-8,11H,1-2H3. The highest BCUT2D eigenvalue weighted by atomic mass is 16.5. The van der Waals surface area contributed by atoms with E-state index in [2.05, 4.69) is 10.3 Å². The average Bonchev–Trinajstić information content (AvgIpc) is 3.03. The summed E-state index contributed by atoms with van der Waals surface area (Å²) in [5, 5.41) is 26.3. The highest BCUT2D eigenvalue weighted by molar-refractivity contribution is 5.93. The van der Waals surface area contributed by atoms with Crippen LogP contribution >= 0.6 is 0 Å². The summed E-state index contributed by atoms with van der Waals surface area (Å²) in [6.07, 6.45) is -0.207. The lowest BCUT2D eigenvalue weighted by molar-refractivity contribution is 0.0378. The molecule has 0 radical (unpaired) electrons. The van der Waals surface area contributed by atoms with Gasteiger partial charge in [-0.15, -0.1) is 5.10 Å². The minimum absolute atomic E-state index is 0.207. The molecule has 0 bridgehead atoms. The van der Waals surface area contributed by atoms with Gasteiger partial charge in [0.05, 0.1) is 34.0 Å². The molecule has 0 aliphatic carbocycles. The summed E-state index contributed by atoms with van der Waals surface area (Å²) >= 11 is 0. The molecule has 7 nitrogen and oxygen atoms in total. The van der Waals surface area contributed by atoms with Crippen molar-refractivity contribution in [2.45, 2.75) is 20.0 Å². The molecule has 7 heteroatoms. The minimum atomic E-state index is -0.420. The Balaban J connectivity index is 2.04. The zero-order chi connectivity index (χ0) is 18.0. The van der Waals surface area contributed by atoms with E-state index < -0.39 is 5.97 Å². The van der Waals surface area contributed by atoms with E-state index in [0.717, 1.165) is 0 Å². The van der Waals surface area contributed by atoms with Gasteiger partial charge in [-0.2, -0.15) is 10.5 Å². The minimum Gasteiger partial charge on any atom is -0.459 e. The Morgan fingerprint density at radius 2 is 1.88 bits per heavy atom. The van der Waals surface area contributed by atoms with Gasteiger partial charge in [0.2, 0.25) is 0 Å². The van der Waals surface area contributed by atoms with Crippen LogP contribution < -0.4 is 0 Å². The Labute approximate surface area is 143 Å². The fourth-order valence-electron chi connectivity index (χ4n) is 2.38. The van der Waals surface area contributed by atoms with E-state index in [1.165, 1.54) is 0 Å². The van der Waals surface area contributed by atoms with Crippen molar-refractivity contribution in [3.63, 3.8) is 0 Å². The second-order valence-corrected chi connectivity index (χ2v) is 5.61. The summed E-state index contributed by atoms with van der Waals surface area (Å²) in [5.74, 6) is -0.420. The van der Waals surface area contributed by atoms with Crippen LogP contribution in [0.1, 0.15) is 35.3 Å². The number of hydrogen-bond donors (Lipinski definition) is 0. The van der Waals surface area contributed by atoms with E-state index >= 15 is 0 Å². The second-order valence-electron chi connectivity index (χ2n) is 5.61. The average molecular weight is 331 g/mol. The molecule has 0 atom stereocenters. The highest BCUT2D eigenvalue weighted by Crippen LogP contribution is 2.20. The lowest BCUT2D eigenvalue weighted by atomic mass is 10.1. The maximum Gasteiger partial charge on any atom is 0.338 e. The van der Waals surface area contributed by atoms with Gasteiger partial charge in [-0.3, -0.25) is 0 Å². The number of nitrogens with zero attached hydrogens (tertiary/aromatic N) is 5. The number of ether oxygens (including phenoxy) is 1. The van der Waals surface area contributed by atoms with Crippen LogP contribution in [0.2, 0.25) is 0 Å². The first-order valence-electron chi connectivity index (χ1n) is 7.54. The van der Waals surface area contributed by atoms with Gasteiger partial charge in [-0.25, -0.2) is 9.48 Å². The van der Waals surface area contributed by atoms with Crippen molar-refractivity contribution in [3.05, 3.63) is 53.1 Å². The molecule has 0 aliphatic heterocycles. The van der Waals surface area contributed by atoms with Crippen molar-refractivity contribution < 1.29 is 9.53 Å². The number of hydrogen-bond acceptors (Lipinski definition) is 6. The summed E-state index contributed by atoms with van der Waals surface area (Å²) in [6, 6.07) is 13.8. The van der Waals surface area contributed by atoms with Gasteiger partial charge in [0.25, 0.3) is 0 Å². The van der Waals surface area contributed by atoms with Gasteiger partial charge in [-0.05, 0) is 50.2 Å². The van der Waals surface area contributed by atoms with Crippen LogP contribution in [0.25, 0.3) is 16.7 Å². The molecule has 122 valence electrons. The molecule has 0 spiro atoms. The Bertz CT molecular complexity index is 1050. The molecule has 0 fully saturated rings. The van der Waals surface area contributed by atoms with Crippen LogP contribution in [0.3, 0.4) is 0 Å². The molecule has 0 aliphatic rings. The summed E-state index contributed by atoms with van der Waals surface area (Å²) in [7, 11) is 0. The monoisotopic (exact) mass is 331 g/mol. The molecule has 2 aromatic carbocycles. The van der Waals surface area contributed by atoms with E-state index in [0.29, 0.717) is 27.8 Å². The number of esters is 1. The third-order valence-electron chi connectivity index (χ3n) is 3.51. The van der Waals surface area contributed by atoms with Gasteiger partial charge in [0, 0.05) is 0 Å². The van der Waals surface area contributed by atoms with E-state index in [1.54, 1.807) is 54.9 Å². The molecule has 0 saturated heterocycles. The topological polar surface area (TPSA) is 105 Å². The SMILES string of the molecule is CC(C)OC(=O)c1ccc2c(c1)nnn2-c1ccc(C#N)c(C#N)c1. The number of aromatic nitrogens is 3. The third kappa shape index (κ3) is 3.04. The van der Waals surface area contributed by atoms with Crippen LogP contribution in [0.5, 0.6) is 0 Å². The zero-order valence-electron chi connectivity index (χ0n) is 13.6. The molecule has 3 aromatic rings. The van der Waals surface area contributed by atoms with E-state index in [-0.39, 0.29) is 11.7 Å². The Morgan fingerprint density at radius 3 is 2.56 bits per heavy atom. The van der Waals surface area contributed by atoms with Gasteiger partial charge < -0.3 is 4.74 Å². The van der Waals surface area contributed by atoms with E-state index in [4.69, 9.17) is 15.3 Å². The van der Waals surface area contributed by atoms with Crippen LogP contribution in [0.4, 0.5) is 0 Å². The van der Waals surface area contributed by atoms with Gasteiger partial charge in [0.1, 0.15) is 17.7 Å². The predicted octanol–water partition coefficient (Wildman–Crippen LogP) is 2.73. The second kappa shape index (κ2) is 6.42. The van der Waals surface area contributed by atoms with Crippen LogP contribution in [0, 0.1) is 22.7 Å². The lowest BCUT2D eigenvalue weighted by Gasteiger charge is -2.08. The molecule has 0 N–H and O–H groups in total. The molecule has 0 saturated carbocycles. The largest absolute Gasteiger partial charge is 0.459 e.